The second-order valence-electron chi connectivity index (χ2n) is 4.41. The summed E-state index contributed by atoms with van der Waals surface area (Å²) in [4.78, 5) is 24.3. The summed E-state index contributed by atoms with van der Waals surface area (Å²) >= 11 is 5.86. The Kier molecular flexibility index (Phi) is 4.57. The number of hydrogen-bond acceptors (Lipinski definition) is 3. The first-order chi connectivity index (χ1) is 9.49. The normalized spacial score (nSPS) is 18.9. The van der Waals surface area contributed by atoms with Crippen molar-refractivity contribution in [1.29, 1.82) is 0 Å². The van der Waals surface area contributed by atoms with Gasteiger partial charge in [-0.05, 0) is 12.1 Å². The smallest absolute Gasteiger partial charge is 0.334 e. The molecule has 0 aromatic heterocycles. The van der Waals surface area contributed by atoms with Gasteiger partial charge in [-0.1, -0.05) is 17.7 Å². The summed E-state index contributed by atoms with van der Waals surface area (Å²) in [5, 5.41) is 9.05. The van der Waals surface area contributed by atoms with Gasteiger partial charge in [-0.3, -0.25) is 4.79 Å². The van der Waals surface area contributed by atoms with E-state index in [1.54, 1.807) is 0 Å². The quantitative estimate of drug-likeness (QED) is 0.915. The molecule has 1 saturated heterocycles. The van der Waals surface area contributed by atoms with Gasteiger partial charge in [-0.15, -0.1) is 0 Å². The van der Waals surface area contributed by atoms with Crippen LogP contribution in [0.25, 0.3) is 0 Å². The highest BCUT2D eigenvalue weighted by Gasteiger charge is 2.29. The van der Waals surface area contributed by atoms with Crippen molar-refractivity contribution in [2.45, 2.75) is 12.5 Å². The molecular weight excluding hydrogens is 289 g/mol. The fraction of sp³-hybridized carbons (Fsp3) is 0.385. The van der Waals surface area contributed by atoms with E-state index in [9.17, 15) is 14.0 Å². The van der Waals surface area contributed by atoms with Gasteiger partial charge in [0, 0.05) is 17.1 Å². The molecule has 0 aliphatic carbocycles. The van der Waals surface area contributed by atoms with Crippen LogP contribution in [0.1, 0.15) is 5.56 Å². The molecule has 20 heavy (non-hydrogen) atoms. The summed E-state index contributed by atoms with van der Waals surface area (Å²) in [6, 6.07) is 4.20. The molecular formula is C13H13ClFNO4. The number of hydrogen-bond donors (Lipinski definition) is 1. The van der Waals surface area contributed by atoms with Gasteiger partial charge in [0.1, 0.15) is 5.82 Å². The van der Waals surface area contributed by atoms with Crippen molar-refractivity contribution in [2.75, 3.05) is 19.7 Å². The van der Waals surface area contributed by atoms with E-state index >= 15 is 0 Å². The van der Waals surface area contributed by atoms with Crippen LogP contribution in [0.2, 0.25) is 5.02 Å². The Balaban J connectivity index is 2.06. The monoisotopic (exact) mass is 301 g/mol. The van der Waals surface area contributed by atoms with Crippen LogP contribution < -0.4 is 0 Å². The number of rotatable bonds is 3. The number of ether oxygens (including phenoxy) is 1. The van der Waals surface area contributed by atoms with Gasteiger partial charge >= 0.3 is 5.97 Å². The summed E-state index contributed by atoms with van der Waals surface area (Å²) in [6.45, 7) is 0.392. The fourth-order valence-electron chi connectivity index (χ4n) is 1.99. The molecule has 1 heterocycles. The second-order valence-corrected chi connectivity index (χ2v) is 4.82. The number of amides is 1. The largest absolute Gasteiger partial charge is 0.479 e. The average molecular weight is 302 g/mol. The van der Waals surface area contributed by atoms with Gasteiger partial charge in [0.25, 0.3) is 0 Å². The van der Waals surface area contributed by atoms with E-state index in [1.165, 1.54) is 23.1 Å². The van der Waals surface area contributed by atoms with Crippen molar-refractivity contribution in [3.63, 3.8) is 0 Å². The number of carbonyl (C=O) groups is 2. The molecule has 0 unspecified atom stereocenters. The van der Waals surface area contributed by atoms with E-state index in [2.05, 4.69) is 0 Å². The van der Waals surface area contributed by atoms with Crippen molar-refractivity contribution < 1.29 is 23.8 Å². The predicted molar refractivity (Wildman–Crippen MR) is 69.1 cm³/mol. The summed E-state index contributed by atoms with van der Waals surface area (Å²) in [7, 11) is 0. The van der Waals surface area contributed by atoms with Crippen molar-refractivity contribution >= 4 is 23.5 Å². The third kappa shape index (κ3) is 3.26. The van der Waals surface area contributed by atoms with Crippen LogP contribution in [-0.4, -0.2) is 47.7 Å². The molecule has 1 fully saturated rings. The minimum absolute atomic E-state index is 0.0414. The van der Waals surface area contributed by atoms with E-state index in [0.717, 1.165) is 0 Å². The zero-order valence-electron chi connectivity index (χ0n) is 10.5. The molecule has 1 amide bonds. The lowest BCUT2D eigenvalue weighted by atomic mass is 10.1. The van der Waals surface area contributed by atoms with Gasteiger partial charge in [0.15, 0.2) is 6.10 Å². The SMILES string of the molecule is O=C(O)[C@@H]1CN(C(=O)Cc2c(F)cccc2Cl)CCO1. The highest BCUT2D eigenvalue weighted by atomic mass is 35.5. The number of nitrogens with zero attached hydrogens (tertiary/aromatic N) is 1. The zero-order chi connectivity index (χ0) is 14.7. The lowest BCUT2D eigenvalue weighted by Gasteiger charge is -2.31. The molecule has 108 valence electrons. The molecule has 0 saturated carbocycles. The van der Waals surface area contributed by atoms with Crippen molar-refractivity contribution in [3.05, 3.63) is 34.6 Å². The minimum Gasteiger partial charge on any atom is -0.479 e. The molecule has 1 atom stereocenters. The van der Waals surface area contributed by atoms with Crippen LogP contribution in [0.15, 0.2) is 18.2 Å². The Morgan fingerprint density at radius 2 is 2.25 bits per heavy atom. The van der Waals surface area contributed by atoms with Gasteiger partial charge < -0.3 is 14.7 Å². The zero-order valence-corrected chi connectivity index (χ0v) is 11.3. The average Bonchev–Trinajstić information content (AvgIpc) is 2.43. The first kappa shape index (κ1) is 14.7. The van der Waals surface area contributed by atoms with Crippen LogP contribution in [0.4, 0.5) is 4.39 Å². The molecule has 1 aromatic carbocycles. The molecule has 1 N–H and O–H groups in total. The first-order valence-electron chi connectivity index (χ1n) is 6.04. The molecule has 1 aliphatic heterocycles. The second kappa shape index (κ2) is 6.19. The number of carboxylic acid groups (broad SMARTS) is 1. The van der Waals surface area contributed by atoms with Gasteiger partial charge in [-0.2, -0.15) is 0 Å². The molecule has 5 nitrogen and oxygen atoms in total. The number of benzene rings is 1. The lowest BCUT2D eigenvalue weighted by molar-refractivity contribution is -0.159. The molecule has 0 bridgehead atoms. The Morgan fingerprint density at radius 1 is 1.50 bits per heavy atom. The number of carbonyl (C=O) groups excluding carboxylic acids is 1. The van der Waals surface area contributed by atoms with Crippen molar-refractivity contribution in [2.24, 2.45) is 0 Å². The number of aliphatic carboxylic acids is 1. The summed E-state index contributed by atoms with van der Waals surface area (Å²) in [5.74, 6) is -2.04. The van der Waals surface area contributed by atoms with Crippen molar-refractivity contribution in [1.82, 2.24) is 4.90 Å². The Labute approximate surface area is 119 Å². The Bertz CT molecular complexity index is 517. The van der Waals surface area contributed by atoms with Crippen LogP contribution in [0.5, 0.6) is 0 Å². The Hall–Kier alpha value is -1.66. The van der Waals surface area contributed by atoms with Gasteiger partial charge in [-0.25, -0.2) is 9.18 Å². The topological polar surface area (TPSA) is 66.8 Å². The number of morpholine rings is 1. The first-order valence-corrected chi connectivity index (χ1v) is 6.42. The molecule has 1 aromatic rings. The van der Waals surface area contributed by atoms with Crippen LogP contribution in [0.3, 0.4) is 0 Å². The van der Waals surface area contributed by atoms with E-state index in [0.29, 0.717) is 0 Å². The third-order valence-corrected chi connectivity index (χ3v) is 3.44. The number of carboxylic acids is 1. The van der Waals surface area contributed by atoms with Crippen LogP contribution in [0, 0.1) is 5.82 Å². The third-order valence-electron chi connectivity index (χ3n) is 3.08. The fourth-order valence-corrected chi connectivity index (χ4v) is 2.22. The van der Waals surface area contributed by atoms with E-state index in [-0.39, 0.29) is 42.6 Å². The van der Waals surface area contributed by atoms with Crippen LogP contribution >= 0.6 is 11.6 Å². The van der Waals surface area contributed by atoms with E-state index in [1.807, 2.05) is 0 Å². The molecule has 1 aliphatic rings. The highest BCUT2D eigenvalue weighted by Crippen LogP contribution is 2.20. The standard InChI is InChI=1S/C13H13ClFNO4/c14-9-2-1-3-10(15)8(9)6-12(17)16-4-5-20-11(7-16)13(18)19/h1-3,11H,4-7H2,(H,18,19)/t11-/m0/s1. The predicted octanol–water partition coefficient (Wildman–Crippen LogP) is 1.33. The molecule has 7 heteroatoms. The summed E-state index contributed by atoms with van der Waals surface area (Å²) in [6.07, 6.45) is -1.23. The van der Waals surface area contributed by atoms with Gasteiger partial charge in [0.2, 0.25) is 5.91 Å². The van der Waals surface area contributed by atoms with Crippen LogP contribution in [-0.2, 0) is 20.7 Å². The maximum absolute atomic E-state index is 13.6. The van der Waals surface area contributed by atoms with E-state index in [4.69, 9.17) is 21.4 Å². The summed E-state index contributed by atoms with van der Waals surface area (Å²) < 4.78 is 18.6. The van der Waals surface area contributed by atoms with E-state index < -0.39 is 17.9 Å². The highest BCUT2D eigenvalue weighted by molar-refractivity contribution is 6.31. The maximum Gasteiger partial charge on any atom is 0.334 e. The molecule has 2 rings (SSSR count). The minimum atomic E-state index is -1.12. The summed E-state index contributed by atoms with van der Waals surface area (Å²) in [5.41, 5.74) is 0.123. The van der Waals surface area contributed by atoms with Gasteiger partial charge in [0.05, 0.1) is 19.6 Å². The lowest BCUT2D eigenvalue weighted by Crippen LogP contribution is -2.49. The molecule has 0 spiro atoms. The maximum atomic E-state index is 13.6. The number of halogens is 2. The molecule has 0 radical (unpaired) electrons. The Morgan fingerprint density at radius 3 is 2.90 bits per heavy atom. The van der Waals surface area contributed by atoms with Crippen molar-refractivity contribution in [3.8, 4) is 0 Å².